The lowest BCUT2D eigenvalue weighted by Crippen LogP contribution is -2.45. The number of rotatable bonds is 3. The Morgan fingerprint density at radius 2 is 2.12 bits per heavy atom. The van der Waals surface area contributed by atoms with Crippen LogP contribution in [0.5, 0.6) is 0 Å². The molecule has 2 N–H and O–H groups in total. The second kappa shape index (κ2) is 5.52. The summed E-state index contributed by atoms with van der Waals surface area (Å²) in [5.74, 6) is 0. The molecule has 2 atom stereocenters. The average Bonchev–Trinajstić information content (AvgIpc) is 2.39. The topological polar surface area (TPSA) is 38.5 Å². The van der Waals surface area contributed by atoms with Crippen molar-refractivity contribution in [1.29, 1.82) is 0 Å². The fourth-order valence-corrected chi connectivity index (χ4v) is 2.30. The van der Waals surface area contributed by atoms with Crippen molar-refractivity contribution in [3.63, 3.8) is 0 Å². The summed E-state index contributed by atoms with van der Waals surface area (Å²) in [6.45, 7) is 6.87. The van der Waals surface area contributed by atoms with Crippen molar-refractivity contribution >= 4 is 5.69 Å². The van der Waals surface area contributed by atoms with E-state index in [1.165, 1.54) is 11.3 Å². The summed E-state index contributed by atoms with van der Waals surface area (Å²) in [7, 11) is 0. The van der Waals surface area contributed by atoms with Crippen molar-refractivity contribution in [1.82, 2.24) is 0 Å². The molecule has 1 saturated heterocycles. The molecule has 1 aliphatic heterocycles. The summed E-state index contributed by atoms with van der Waals surface area (Å²) in [6, 6.07) is 9.21. The Labute approximate surface area is 104 Å². The molecule has 0 spiro atoms. The Hall–Kier alpha value is -1.06. The molecule has 3 nitrogen and oxygen atoms in total. The van der Waals surface area contributed by atoms with Crippen LogP contribution in [0.25, 0.3) is 0 Å². The molecule has 17 heavy (non-hydrogen) atoms. The number of anilines is 1. The highest BCUT2D eigenvalue weighted by Gasteiger charge is 2.21. The largest absolute Gasteiger partial charge is 0.377 e. The highest BCUT2D eigenvalue weighted by atomic mass is 16.5. The van der Waals surface area contributed by atoms with E-state index in [0.29, 0.717) is 6.04 Å². The Kier molecular flexibility index (Phi) is 4.02. The van der Waals surface area contributed by atoms with Crippen LogP contribution in [0.2, 0.25) is 0 Å². The molecule has 0 radical (unpaired) electrons. The first-order valence-corrected chi connectivity index (χ1v) is 6.42. The van der Waals surface area contributed by atoms with Crippen LogP contribution >= 0.6 is 0 Å². The fourth-order valence-electron chi connectivity index (χ4n) is 2.30. The van der Waals surface area contributed by atoms with Gasteiger partial charge in [-0.1, -0.05) is 19.1 Å². The van der Waals surface area contributed by atoms with Crippen LogP contribution < -0.4 is 10.6 Å². The predicted octanol–water partition coefficient (Wildman–Crippen LogP) is 2.32. The summed E-state index contributed by atoms with van der Waals surface area (Å²) in [4.78, 5) is 2.44. The molecule has 2 rings (SSSR count). The molecule has 0 saturated carbocycles. The van der Waals surface area contributed by atoms with Crippen molar-refractivity contribution in [3.05, 3.63) is 29.8 Å². The minimum atomic E-state index is 0.107. The van der Waals surface area contributed by atoms with Crippen molar-refractivity contribution in [2.24, 2.45) is 5.73 Å². The van der Waals surface area contributed by atoms with Gasteiger partial charge in [0.1, 0.15) is 0 Å². The molecule has 0 aromatic heterocycles. The zero-order chi connectivity index (χ0) is 12.3. The minimum absolute atomic E-state index is 0.107. The molecule has 94 valence electrons. The first-order chi connectivity index (χ1) is 8.22. The molecular weight excluding hydrogens is 212 g/mol. The van der Waals surface area contributed by atoms with E-state index in [-0.39, 0.29) is 6.04 Å². The van der Waals surface area contributed by atoms with Crippen molar-refractivity contribution in [2.75, 3.05) is 24.7 Å². The third-order valence-corrected chi connectivity index (χ3v) is 3.45. The number of nitrogens with two attached hydrogens (primary N) is 1. The molecule has 0 amide bonds. The van der Waals surface area contributed by atoms with E-state index in [9.17, 15) is 0 Å². The zero-order valence-corrected chi connectivity index (χ0v) is 10.7. The monoisotopic (exact) mass is 234 g/mol. The number of morpholine rings is 1. The lowest BCUT2D eigenvalue weighted by molar-refractivity contribution is 0.0930. The van der Waals surface area contributed by atoms with Crippen LogP contribution in [0.3, 0.4) is 0 Å². The summed E-state index contributed by atoms with van der Waals surface area (Å²) >= 11 is 0. The minimum Gasteiger partial charge on any atom is -0.377 e. The number of benzene rings is 1. The van der Waals surface area contributed by atoms with Crippen LogP contribution in [0, 0.1) is 0 Å². The van der Waals surface area contributed by atoms with Gasteiger partial charge in [-0.2, -0.15) is 0 Å². The van der Waals surface area contributed by atoms with Gasteiger partial charge in [0, 0.05) is 18.3 Å². The maximum atomic E-state index is 5.86. The van der Waals surface area contributed by atoms with Crippen LogP contribution in [-0.4, -0.2) is 25.8 Å². The molecule has 1 aliphatic rings. The summed E-state index contributed by atoms with van der Waals surface area (Å²) in [6.07, 6.45) is 1.12. The van der Waals surface area contributed by atoms with Gasteiger partial charge in [0.05, 0.1) is 19.3 Å². The van der Waals surface area contributed by atoms with E-state index in [1.807, 2.05) is 6.92 Å². The van der Waals surface area contributed by atoms with E-state index < -0.39 is 0 Å². The molecule has 1 heterocycles. The normalized spacial score (nSPS) is 22.5. The van der Waals surface area contributed by atoms with E-state index in [1.54, 1.807) is 0 Å². The average molecular weight is 234 g/mol. The number of hydrogen-bond donors (Lipinski definition) is 1. The molecular formula is C14H22N2O. The molecule has 1 fully saturated rings. The Morgan fingerprint density at radius 3 is 2.71 bits per heavy atom. The smallest absolute Gasteiger partial charge is 0.0670 e. The lowest BCUT2D eigenvalue weighted by Gasteiger charge is -2.37. The van der Waals surface area contributed by atoms with Gasteiger partial charge in [-0.05, 0) is 31.0 Å². The summed E-state index contributed by atoms with van der Waals surface area (Å²) in [5, 5.41) is 0. The number of hydrogen-bond acceptors (Lipinski definition) is 3. The molecule has 1 unspecified atom stereocenters. The number of nitrogens with zero attached hydrogens (tertiary/aromatic N) is 1. The Balaban J connectivity index is 2.15. The second-order valence-electron chi connectivity index (χ2n) is 4.71. The van der Waals surface area contributed by atoms with Crippen LogP contribution in [0.4, 0.5) is 5.69 Å². The molecule has 0 bridgehead atoms. The third-order valence-electron chi connectivity index (χ3n) is 3.45. The lowest BCUT2D eigenvalue weighted by atomic mass is 10.1. The van der Waals surface area contributed by atoms with Gasteiger partial charge in [-0.25, -0.2) is 0 Å². The first-order valence-electron chi connectivity index (χ1n) is 6.42. The van der Waals surface area contributed by atoms with E-state index >= 15 is 0 Å². The highest BCUT2D eigenvalue weighted by Crippen LogP contribution is 2.23. The Morgan fingerprint density at radius 1 is 1.41 bits per heavy atom. The van der Waals surface area contributed by atoms with Gasteiger partial charge in [0.15, 0.2) is 0 Å². The van der Waals surface area contributed by atoms with Crippen molar-refractivity contribution < 1.29 is 4.74 Å². The van der Waals surface area contributed by atoms with E-state index in [2.05, 4.69) is 36.1 Å². The number of ether oxygens (including phenoxy) is 1. The summed E-state index contributed by atoms with van der Waals surface area (Å²) < 4.78 is 5.52. The van der Waals surface area contributed by atoms with Crippen LogP contribution in [-0.2, 0) is 4.74 Å². The second-order valence-corrected chi connectivity index (χ2v) is 4.71. The molecule has 3 heteroatoms. The van der Waals surface area contributed by atoms with E-state index in [4.69, 9.17) is 10.5 Å². The molecule has 0 aliphatic carbocycles. The van der Waals surface area contributed by atoms with Gasteiger partial charge >= 0.3 is 0 Å². The standard InChI is InChI=1S/C14H22N2O/c1-3-13-10-17-9-8-16(13)14-6-4-12(5-7-14)11(2)15/h4-7,11,13H,3,8-10,15H2,1-2H3/t11-,13?/m0/s1. The van der Waals surface area contributed by atoms with Gasteiger partial charge < -0.3 is 15.4 Å². The highest BCUT2D eigenvalue weighted by molar-refractivity contribution is 5.49. The maximum Gasteiger partial charge on any atom is 0.0670 e. The molecule has 1 aromatic carbocycles. The summed E-state index contributed by atoms with van der Waals surface area (Å²) in [5.41, 5.74) is 8.33. The van der Waals surface area contributed by atoms with Gasteiger partial charge in [-0.15, -0.1) is 0 Å². The van der Waals surface area contributed by atoms with Crippen LogP contribution in [0.1, 0.15) is 31.9 Å². The van der Waals surface area contributed by atoms with E-state index in [0.717, 1.165) is 26.2 Å². The molecule has 1 aromatic rings. The zero-order valence-electron chi connectivity index (χ0n) is 10.7. The van der Waals surface area contributed by atoms with Crippen molar-refractivity contribution in [3.8, 4) is 0 Å². The SMILES string of the molecule is CCC1COCCN1c1ccc([C@H](C)N)cc1. The van der Waals surface area contributed by atoms with Gasteiger partial charge in [-0.3, -0.25) is 0 Å². The fraction of sp³-hybridized carbons (Fsp3) is 0.571. The predicted molar refractivity (Wildman–Crippen MR) is 71.3 cm³/mol. The quantitative estimate of drug-likeness (QED) is 0.872. The third kappa shape index (κ3) is 2.79. The van der Waals surface area contributed by atoms with Gasteiger partial charge in [0.2, 0.25) is 0 Å². The van der Waals surface area contributed by atoms with Gasteiger partial charge in [0.25, 0.3) is 0 Å². The van der Waals surface area contributed by atoms with Crippen molar-refractivity contribution in [2.45, 2.75) is 32.4 Å². The maximum absolute atomic E-state index is 5.86. The first kappa shape index (κ1) is 12.4. The van der Waals surface area contributed by atoms with Crippen LogP contribution in [0.15, 0.2) is 24.3 Å². The Bertz CT molecular complexity index is 348.